The van der Waals surface area contributed by atoms with Gasteiger partial charge in [-0.2, -0.15) is 4.31 Å². The van der Waals surface area contributed by atoms with E-state index in [0.29, 0.717) is 11.6 Å². The van der Waals surface area contributed by atoms with Crippen LogP contribution in [0.15, 0.2) is 41.8 Å². The van der Waals surface area contributed by atoms with Gasteiger partial charge in [-0.1, -0.05) is 23.7 Å². The molecule has 0 radical (unpaired) electrons. The highest BCUT2D eigenvalue weighted by Crippen LogP contribution is 2.36. The fourth-order valence-electron chi connectivity index (χ4n) is 2.69. The van der Waals surface area contributed by atoms with Crippen molar-refractivity contribution in [3.05, 3.63) is 47.4 Å². The number of hydrogen-bond donors (Lipinski definition) is 0. The van der Waals surface area contributed by atoms with Crippen molar-refractivity contribution in [2.45, 2.75) is 23.9 Å². The van der Waals surface area contributed by atoms with Crippen LogP contribution in [-0.2, 0) is 17.1 Å². The van der Waals surface area contributed by atoms with Gasteiger partial charge in [-0.3, -0.25) is 0 Å². The smallest absolute Gasteiger partial charge is 0.262 e. The summed E-state index contributed by atoms with van der Waals surface area (Å²) >= 11 is 5.90. The van der Waals surface area contributed by atoms with Gasteiger partial charge in [0.05, 0.1) is 12.4 Å². The molecule has 1 aromatic carbocycles. The molecule has 1 atom stereocenters. The predicted octanol–water partition coefficient (Wildman–Crippen LogP) is 2.60. The maximum Gasteiger partial charge on any atom is 0.262 e. The molecule has 1 aliphatic rings. The average molecular weight is 326 g/mol. The molecule has 0 saturated carbocycles. The van der Waals surface area contributed by atoms with E-state index in [0.717, 1.165) is 18.4 Å². The summed E-state index contributed by atoms with van der Waals surface area (Å²) < 4.78 is 28.6. The molecule has 1 aliphatic heterocycles. The van der Waals surface area contributed by atoms with Gasteiger partial charge in [0.1, 0.15) is 0 Å². The van der Waals surface area contributed by atoms with Crippen LogP contribution in [-0.4, -0.2) is 28.8 Å². The van der Waals surface area contributed by atoms with Crippen LogP contribution in [0.4, 0.5) is 0 Å². The minimum atomic E-state index is -3.56. The summed E-state index contributed by atoms with van der Waals surface area (Å²) in [4.78, 5) is 3.99. The number of benzene rings is 1. The molecule has 112 valence electrons. The van der Waals surface area contributed by atoms with E-state index in [4.69, 9.17) is 11.6 Å². The van der Waals surface area contributed by atoms with Crippen LogP contribution < -0.4 is 0 Å². The Morgan fingerprint density at radius 3 is 2.62 bits per heavy atom. The molecular formula is C14H16ClN3O2S. The van der Waals surface area contributed by atoms with E-state index in [-0.39, 0.29) is 11.1 Å². The van der Waals surface area contributed by atoms with Crippen molar-refractivity contribution in [3.63, 3.8) is 0 Å². The molecule has 2 heterocycles. The predicted molar refractivity (Wildman–Crippen MR) is 80.5 cm³/mol. The van der Waals surface area contributed by atoms with Gasteiger partial charge >= 0.3 is 0 Å². The monoisotopic (exact) mass is 325 g/mol. The van der Waals surface area contributed by atoms with Gasteiger partial charge in [-0.05, 0) is 30.5 Å². The first kappa shape index (κ1) is 14.6. The van der Waals surface area contributed by atoms with Crippen molar-refractivity contribution < 1.29 is 8.42 Å². The third kappa shape index (κ3) is 2.71. The summed E-state index contributed by atoms with van der Waals surface area (Å²) in [7, 11) is -1.80. The number of nitrogens with zero attached hydrogens (tertiary/aromatic N) is 3. The molecule has 0 spiro atoms. The van der Waals surface area contributed by atoms with Crippen molar-refractivity contribution in [2.24, 2.45) is 7.05 Å². The Morgan fingerprint density at radius 1 is 1.29 bits per heavy atom. The highest BCUT2D eigenvalue weighted by molar-refractivity contribution is 7.89. The zero-order chi connectivity index (χ0) is 15.0. The zero-order valence-electron chi connectivity index (χ0n) is 11.6. The van der Waals surface area contributed by atoms with Crippen molar-refractivity contribution in [3.8, 4) is 0 Å². The molecule has 0 N–H and O–H groups in total. The van der Waals surface area contributed by atoms with Gasteiger partial charge in [0.2, 0.25) is 0 Å². The van der Waals surface area contributed by atoms with E-state index in [2.05, 4.69) is 4.98 Å². The molecular weight excluding hydrogens is 310 g/mol. The third-order valence-corrected chi connectivity index (χ3v) is 5.76. The Kier molecular flexibility index (Phi) is 3.77. The standard InChI is InChI=1S/C14H16ClN3O2S/c1-17-9-14(16-10-17)21(19,20)18-8-2-3-13(18)11-4-6-12(15)7-5-11/h4-7,9-10,13H,2-3,8H2,1H3. The Labute approximate surface area is 129 Å². The van der Waals surface area contributed by atoms with Crippen LogP contribution in [0.5, 0.6) is 0 Å². The molecule has 7 heteroatoms. The summed E-state index contributed by atoms with van der Waals surface area (Å²) in [6.07, 6.45) is 4.69. The van der Waals surface area contributed by atoms with Crippen molar-refractivity contribution in [2.75, 3.05) is 6.54 Å². The first-order valence-electron chi connectivity index (χ1n) is 6.74. The highest BCUT2D eigenvalue weighted by Gasteiger charge is 2.37. The fraction of sp³-hybridized carbons (Fsp3) is 0.357. The molecule has 1 aromatic heterocycles. The third-order valence-electron chi connectivity index (χ3n) is 3.71. The lowest BCUT2D eigenvalue weighted by Gasteiger charge is -2.23. The SMILES string of the molecule is Cn1cnc(S(=O)(=O)N2CCCC2c2ccc(Cl)cc2)c1. The number of sulfonamides is 1. The lowest BCUT2D eigenvalue weighted by molar-refractivity contribution is 0.395. The van der Waals surface area contributed by atoms with Gasteiger partial charge in [-0.15, -0.1) is 0 Å². The Balaban J connectivity index is 1.95. The van der Waals surface area contributed by atoms with E-state index < -0.39 is 10.0 Å². The Hall–Kier alpha value is -1.37. The van der Waals surface area contributed by atoms with Crippen molar-refractivity contribution in [1.82, 2.24) is 13.9 Å². The number of aryl methyl sites for hydroxylation is 1. The highest BCUT2D eigenvalue weighted by atomic mass is 35.5. The molecule has 2 aromatic rings. The van der Waals surface area contributed by atoms with Crippen LogP contribution in [0.25, 0.3) is 0 Å². The minimum Gasteiger partial charge on any atom is -0.339 e. The molecule has 0 bridgehead atoms. The Bertz CT molecular complexity index is 740. The molecule has 1 fully saturated rings. The first-order valence-corrected chi connectivity index (χ1v) is 8.55. The zero-order valence-corrected chi connectivity index (χ0v) is 13.2. The lowest BCUT2D eigenvalue weighted by atomic mass is 10.1. The maximum atomic E-state index is 12.7. The van der Waals surface area contributed by atoms with E-state index in [9.17, 15) is 8.42 Å². The Morgan fingerprint density at radius 2 is 2.00 bits per heavy atom. The first-order chi connectivity index (χ1) is 9.98. The summed E-state index contributed by atoms with van der Waals surface area (Å²) in [6.45, 7) is 0.520. The van der Waals surface area contributed by atoms with E-state index in [1.807, 2.05) is 12.1 Å². The molecule has 0 aliphatic carbocycles. The average Bonchev–Trinajstić information content (AvgIpc) is 3.08. The van der Waals surface area contributed by atoms with Gasteiger partial charge in [0.15, 0.2) is 5.03 Å². The molecule has 5 nitrogen and oxygen atoms in total. The maximum absolute atomic E-state index is 12.7. The molecule has 0 amide bonds. The van der Waals surface area contributed by atoms with Crippen LogP contribution >= 0.6 is 11.6 Å². The molecule has 1 unspecified atom stereocenters. The number of aromatic nitrogens is 2. The number of halogens is 1. The lowest BCUT2D eigenvalue weighted by Crippen LogP contribution is -2.30. The quantitative estimate of drug-likeness (QED) is 0.871. The van der Waals surface area contributed by atoms with Crippen LogP contribution in [0, 0.1) is 0 Å². The second kappa shape index (κ2) is 5.44. The van der Waals surface area contributed by atoms with E-state index >= 15 is 0 Å². The molecule has 21 heavy (non-hydrogen) atoms. The van der Waals surface area contributed by atoms with Gasteiger partial charge < -0.3 is 4.57 Å². The van der Waals surface area contributed by atoms with Crippen molar-refractivity contribution in [1.29, 1.82) is 0 Å². The fourth-order valence-corrected chi connectivity index (χ4v) is 4.47. The van der Waals surface area contributed by atoms with E-state index in [1.165, 1.54) is 12.5 Å². The summed E-state index contributed by atoms with van der Waals surface area (Å²) in [5.41, 5.74) is 0.969. The van der Waals surface area contributed by atoms with Crippen molar-refractivity contribution >= 4 is 21.6 Å². The van der Waals surface area contributed by atoms with Crippen LogP contribution in [0.2, 0.25) is 5.02 Å². The largest absolute Gasteiger partial charge is 0.339 e. The second-order valence-electron chi connectivity index (χ2n) is 5.20. The van der Waals surface area contributed by atoms with Gasteiger partial charge in [-0.25, -0.2) is 13.4 Å². The summed E-state index contributed by atoms with van der Waals surface area (Å²) in [5.74, 6) is 0. The molecule has 1 saturated heterocycles. The minimum absolute atomic E-state index is 0.103. The number of rotatable bonds is 3. The topological polar surface area (TPSA) is 55.2 Å². The van der Waals surface area contributed by atoms with Gasteiger partial charge in [0, 0.05) is 24.8 Å². The second-order valence-corrected chi connectivity index (χ2v) is 7.48. The van der Waals surface area contributed by atoms with E-state index in [1.54, 1.807) is 28.1 Å². The molecule has 3 rings (SSSR count). The normalized spacial score (nSPS) is 20.0. The van der Waals surface area contributed by atoms with Crippen LogP contribution in [0.3, 0.4) is 0 Å². The number of imidazole rings is 1. The van der Waals surface area contributed by atoms with Crippen LogP contribution in [0.1, 0.15) is 24.4 Å². The van der Waals surface area contributed by atoms with Gasteiger partial charge in [0.25, 0.3) is 10.0 Å². The number of hydrogen-bond acceptors (Lipinski definition) is 3. The summed E-state index contributed by atoms with van der Waals surface area (Å²) in [6, 6.07) is 7.22. The summed E-state index contributed by atoms with van der Waals surface area (Å²) in [5, 5.41) is 0.752.